The SMILES string of the molecule is C=c1[nH]n(-c2cccc(C)c2)c(=O)c1=Cc1cccc(OC)c1OCc1ccccc1. The van der Waals surface area contributed by atoms with Gasteiger partial charge in [-0.25, -0.2) is 4.68 Å². The monoisotopic (exact) mass is 412 g/mol. The summed E-state index contributed by atoms with van der Waals surface area (Å²) in [4.78, 5) is 13.1. The molecule has 0 spiro atoms. The number of benzene rings is 3. The smallest absolute Gasteiger partial charge is 0.279 e. The van der Waals surface area contributed by atoms with Gasteiger partial charge in [0.15, 0.2) is 11.5 Å². The molecule has 156 valence electrons. The molecule has 0 saturated heterocycles. The van der Waals surface area contributed by atoms with Crippen LogP contribution in [0, 0.1) is 6.92 Å². The summed E-state index contributed by atoms with van der Waals surface area (Å²) in [6.45, 7) is 6.41. The third kappa shape index (κ3) is 4.31. The number of nitrogens with one attached hydrogen (secondary N) is 1. The van der Waals surface area contributed by atoms with Crippen LogP contribution in [0.2, 0.25) is 0 Å². The largest absolute Gasteiger partial charge is 0.493 e. The Bertz CT molecular complexity index is 1370. The zero-order valence-corrected chi connectivity index (χ0v) is 17.6. The molecule has 1 N–H and O–H groups in total. The summed E-state index contributed by atoms with van der Waals surface area (Å²) < 4.78 is 13.1. The molecule has 4 aromatic rings. The topological polar surface area (TPSA) is 56.2 Å². The average molecular weight is 412 g/mol. The second-order valence-corrected chi connectivity index (χ2v) is 7.28. The molecule has 0 unspecified atom stereocenters. The van der Waals surface area contributed by atoms with Crippen LogP contribution in [0.25, 0.3) is 18.3 Å². The van der Waals surface area contributed by atoms with Gasteiger partial charge in [0, 0.05) is 5.56 Å². The molecule has 0 atom stereocenters. The van der Waals surface area contributed by atoms with Gasteiger partial charge in [0.05, 0.1) is 23.4 Å². The van der Waals surface area contributed by atoms with Gasteiger partial charge in [-0.3, -0.25) is 9.89 Å². The predicted molar refractivity (Wildman–Crippen MR) is 123 cm³/mol. The number of H-pyrrole nitrogens is 1. The summed E-state index contributed by atoms with van der Waals surface area (Å²) in [6.07, 6.45) is 1.79. The molecule has 31 heavy (non-hydrogen) atoms. The van der Waals surface area contributed by atoms with Gasteiger partial charge in [0.1, 0.15) is 6.61 Å². The highest BCUT2D eigenvalue weighted by Gasteiger charge is 2.11. The number of hydrogen-bond donors (Lipinski definition) is 1. The van der Waals surface area contributed by atoms with E-state index in [9.17, 15) is 4.79 Å². The number of aryl methyl sites for hydroxylation is 1. The lowest BCUT2D eigenvalue weighted by atomic mass is 10.1. The fraction of sp³-hybridized carbons (Fsp3) is 0.115. The Kier molecular flexibility index (Phi) is 5.76. The number of ether oxygens (including phenoxy) is 2. The number of para-hydroxylation sites is 1. The van der Waals surface area contributed by atoms with Crippen LogP contribution in [0.3, 0.4) is 0 Å². The summed E-state index contributed by atoms with van der Waals surface area (Å²) >= 11 is 0. The molecule has 0 aliphatic heterocycles. The van der Waals surface area contributed by atoms with Crippen molar-refractivity contribution in [1.82, 2.24) is 9.78 Å². The van der Waals surface area contributed by atoms with Crippen LogP contribution in [0.15, 0.2) is 77.6 Å². The Morgan fingerprint density at radius 1 is 1.03 bits per heavy atom. The molecule has 0 saturated carbocycles. The molecule has 1 heterocycles. The van der Waals surface area contributed by atoms with Gasteiger partial charge in [0.2, 0.25) is 0 Å². The third-order valence-corrected chi connectivity index (χ3v) is 5.02. The van der Waals surface area contributed by atoms with E-state index in [0.29, 0.717) is 28.7 Å². The van der Waals surface area contributed by atoms with Crippen LogP contribution in [-0.4, -0.2) is 16.9 Å². The van der Waals surface area contributed by atoms with Gasteiger partial charge in [-0.1, -0.05) is 61.2 Å². The van der Waals surface area contributed by atoms with Crippen molar-refractivity contribution in [1.29, 1.82) is 0 Å². The fourth-order valence-electron chi connectivity index (χ4n) is 3.44. The Morgan fingerprint density at radius 2 is 1.81 bits per heavy atom. The normalized spacial score (nSPS) is 11.5. The molecule has 3 aromatic carbocycles. The number of aromatic nitrogens is 2. The van der Waals surface area contributed by atoms with Gasteiger partial charge in [0.25, 0.3) is 5.56 Å². The molecule has 0 amide bonds. The van der Waals surface area contributed by atoms with Gasteiger partial charge in [-0.2, -0.15) is 0 Å². The van der Waals surface area contributed by atoms with Crippen LogP contribution in [0.5, 0.6) is 11.5 Å². The van der Waals surface area contributed by atoms with Crippen molar-refractivity contribution in [2.45, 2.75) is 13.5 Å². The highest BCUT2D eigenvalue weighted by Crippen LogP contribution is 2.32. The number of hydrogen-bond acceptors (Lipinski definition) is 3. The minimum Gasteiger partial charge on any atom is -0.493 e. The molecular formula is C26H24N2O3. The van der Waals surface area contributed by atoms with E-state index < -0.39 is 0 Å². The quantitative estimate of drug-likeness (QED) is 0.529. The first-order valence-electron chi connectivity index (χ1n) is 9.99. The van der Waals surface area contributed by atoms with Gasteiger partial charge < -0.3 is 9.47 Å². The Balaban J connectivity index is 1.79. The van der Waals surface area contributed by atoms with E-state index in [1.165, 1.54) is 4.68 Å². The summed E-state index contributed by atoms with van der Waals surface area (Å²) in [6, 6.07) is 23.2. The first-order chi connectivity index (χ1) is 15.1. The minimum atomic E-state index is -0.174. The highest BCUT2D eigenvalue weighted by atomic mass is 16.5. The zero-order valence-electron chi connectivity index (χ0n) is 17.6. The molecule has 0 radical (unpaired) electrons. The van der Waals surface area contributed by atoms with Crippen molar-refractivity contribution in [2.75, 3.05) is 7.11 Å². The Morgan fingerprint density at radius 3 is 2.55 bits per heavy atom. The van der Waals surface area contributed by atoms with Crippen molar-refractivity contribution in [3.8, 4) is 17.2 Å². The average Bonchev–Trinajstić information content (AvgIpc) is 3.07. The molecule has 0 bridgehead atoms. The number of nitrogens with zero attached hydrogens (tertiary/aromatic N) is 1. The van der Waals surface area contributed by atoms with E-state index >= 15 is 0 Å². The van der Waals surface area contributed by atoms with Gasteiger partial charge >= 0.3 is 0 Å². The van der Waals surface area contributed by atoms with E-state index in [1.807, 2.05) is 79.7 Å². The number of methoxy groups -OCH3 is 1. The molecule has 0 aliphatic carbocycles. The lowest BCUT2D eigenvalue weighted by Crippen LogP contribution is -2.34. The summed E-state index contributed by atoms with van der Waals surface area (Å²) in [5.41, 5.74) is 3.45. The highest BCUT2D eigenvalue weighted by molar-refractivity contribution is 5.62. The van der Waals surface area contributed by atoms with E-state index in [-0.39, 0.29) is 5.56 Å². The summed E-state index contributed by atoms with van der Waals surface area (Å²) in [5.74, 6) is 1.18. The zero-order chi connectivity index (χ0) is 21.8. The van der Waals surface area contributed by atoms with Crippen molar-refractivity contribution in [2.24, 2.45) is 0 Å². The van der Waals surface area contributed by atoms with Crippen molar-refractivity contribution < 1.29 is 9.47 Å². The summed E-state index contributed by atoms with van der Waals surface area (Å²) in [5, 5.41) is 4.07. The predicted octanol–water partition coefficient (Wildman–Crippen LogP) is 3.30. The molecule has 0 aliphatic rings. The molecule has 1 aromatic heterocycles. The van der Waals surface area contributed by atoms with Crippen molar-refractivity contribution in [3.05, 3.63) is 110 Å². The van der Waals surface area contributed by atoms with Gasteiger partial charge in [-0.05, 0) is 42.3 Å². The van der Waals surface area contributed by atoms with Gasteiger partial charge in [-0.15, -0.1) is 0 Å². The molecule has 0 fully saturated rings. The van der Waals surface area contributed by atoms with E-state index in [2.05, 4.69) is 11.7 Å². The van der Waals surface area contributed by atoms with E-state index in [4.69, 9.17) is 9.47 Å². The lowest BCUT2D eigenvalue weighted by molar-refractivity contribution is 0.284. The number of aromatic amines is 1. The lowest BCUT2D eigenvalue weighted by Gasteiger charge is -2.13. The third-order valence-electron chi connectivity index (χ3n) is 5.02. The van der Waals surface area contributed by atoms with Crippen LogP contribution < -0.4 is 25.6 Å². The fourth-order valence-corrected chi connectivity index (χ4v) is 3.44. The maximum atomic E-state index is 13.1. The Hall–Kier alpha value is -3.99. The minimum absolute atomic E-state index is 0.174. The standard InChI is InChI=1S/C26H24N2O3/c1-18-9-7-13-22(15-18)28-26(29)23(19(2)27-28)16-21-12-8-14-24(30-3)25(21)31-17-20-10-5-4-6-11-20/h4-16,27H,2,17H2,1,3H3. The maximum absolute atomic E-state index is 13.1. The van der Waals surface area contributed by atoms with Crippen molar-refractivity contribution >= 4 is 12.7 Å². The molecule has 5 nitrogen and oxygen atoms in total. The maximum Gasteiger partial charge on any atom is 0.279 e. The number of rotatable bonds is 6. The first-order valence-corrected chi connectivity index (χ1v) is 9.99. The van der Waals surface area contributed by atoms with E-state index in [1.54, 1.807) is 13.2 Å². The van der Waals surface area contributed by atoms with Crippen LogP contribution >= 0.6 is 0 Å². The van der Waals surface area contributed by atoms with Crippen LogP contribution in [0.1, 0.15) is 16.7 Å². The molecular weight excluding hydrogens is 388 g/mol. The van der Waals surface area contributed by atoms with E-state index in [0.717, 1.165) is 22.4 Å². The first kappa shape index (κ1) is 20.3. The van der Waals surface area contributed by atoms with Crippen LogP contribution in [0.4, 0.5) is 0 Å². The van der Waals surface area contributed by atoms with Crippen LogP contribution in [-0.2, 0) is 6.61 Å². The van der Waals surface area contributed by atoms with Crippen molar-refractivity contribution in [3.63, 3.8) is 0 Å². The molecule has 4 rings (SSSR count). The second-order valence-electron chi connectivity index (χ2n) is 7.28. The molecule has 5 heteroatoms. The summed E-state index contributed by atoms with van der Waals surface area (Å²) in [7, 11) is 1.60. The second kappa shape index (κ2) is 8.79. The Labute approximate surface area is 180 Å².